The number of amides is 1. The Balaban J connectivity index is 1.16. The van der Waals surface area contributed by atoms with Crippen molar-refractivity contribution >= 4 is 11.7 Å². The topological polar surface area (TPSA) is 75.4 Å². The number of carbonyl (C=O) groups is 1. The Morgan fingerprint density at radius 3 is 2.39 bits per heavy atom. The van der Waals surface area contributed by atoms with Gasteiger partial charge in [-0.05, 0) is 20.3 Å². The van der Waals surface area contributed by atoms with Crippen LogP contribution in [0.3, 0.4) is 0 Å². The van der Waals surface area contributed by atoms with Gasteiger partial charge in [-0.15, -0.1) is 0 Å². The molecule has 31 heavy (non-hydrogen) atoms. The summed E-state index contributed by atoms with van der Waals surface area (Å²) in [5.41, 5.74) is 3.92. The molecular formula is C24H27N5O2. The van der Waals surface area contributed by atoms with E-state index in [4.69, 9.17) is 4.52 Å². The summed E-state index contributed by atoms with van der Waals surface area (Å²) in [5.74, 6) is 2.97. The van der Waals surface area contributed by atoms with Crippen molar-refractivity contribution in [2.75, 3.05) is 31.1 Å². The minimum Gasteiger partial charge on any atom is -0.361 e. The van der Waals surface area contributed by atoms with Crippen LogP contribution in [-0.4, -0.2) is 52.1 Å². The number of benzene rings is 1. The second-order valence-electron chi connectivity index (χ2n) is 8.65. The molecule has 2 aliphatic rings. The number of anilines is 1. The first-order valence-electron chi connectivity index (χ1n) is 10.9. The predicted molar refractivity (Wildman–Crippen MR) is 118 cm³/mol. The summed E-state index contributed by atoms with van der Waals surface area (Å²) < 4.78 is 5.21. The summed E-state index contributed by atoms with van der Waals surface area (Å²) in [4.78, 5) is 26.4. The van der Waals surface area contributed by atoms with Gasteiger partial charge in [0.05, 0.1) is 23.8 Å². The largest absolute Gasteiger partial charge is 0.361 e. The molecule has 0 spiro atoms. The highest BCUT2D eigenvalue weighted by molar-refractivity contribution is 5.77. The maximum Gasteiger partial charge on any atom is 0.222 e. The van der Waals surface area contributed by atoms with E-state index >= 15 is 0 Å². The number of hydrogen-bond donors (Lipinski definition) is 0. The number of hydrogen-bond acceptors (Lipinski definition) is 6. The lowest BCUT2D eigenvalue weighted by molar-refractivity contribution is -0.130. The molecule has 4 heterocycles. The fourth-order valence-corrected chi connectivity index (χ4v) is 4.88. The zero-order valence-electron chi connectivity index (χ0n) is 18.0. The number of aryl methyl sites for hydroxylation is 2. The summed E-state index contributed by atoms with van der Waals surface area (Å²) in [6.45, 7) is 7.36. The monoisotopic (exact) mass is 417 g/mol. The SMILES string of the molecule is Cc1noc(C)c1CCC(=O)N1CC2CN(c3cnc(-c4ccccc4)cn3)CC2C1. The number of rotatable bonds is 5. The lowest BCUT2D eigenvalue weighted by atomic mass is 10.0. The Kier molecular flexibility index (Phi) is 5.18. The van der Waals surface area contributed by atoms with Crippen molar-refractivity contribution in [3.05, 3.63) is 59.7 Å². The number of fused-ring (bicyclic) bond motifs is 1. The number of nitrogens with zero attached hydrogens (tertiary/aromatic N) is 5. The maximum absolute atomic E-state index is 12.8. The Hall–Kier alpha value is -3.22. The molecule has 2 aliphatic heterocycles. The van der Waals surface area contributed by atoms with Crippen LogP contribution in [0.5, 0.6) is 0 Å². The third-order valence-corrected chi connectivity index (χ3v) is 6.64. The van der Waals surface area contributed by atoms with Gasteiger partial charge in [-0.25, -0.2) is 4.98 Å². The number of carbonyl (C=O) groups excluding carboxylic acids is 1. The predicted octanol–water partition coefficient (Wildman–Crippen LogP) is 3.28. The molecule has 2 unspecified atom stereocenters. The van der Waals surface area contributed by atoms with E-state index in [1.165, 1.54) is 0 Å². The molecule has 0 N–H and O–H groups in total. The van der Waals surface area contributed by atoms with Crippen LogP contribution >= 0.6 is 0 Å². The van der Waals surface area contributed by atoms with Gasteiger partial charge < -0.3 is 14.3 Å². The molecule has 1 aromatic carbocycles. The normalized spacial score (nSPS) is 20.3. The number of likely N-dealkylation sites (tertiary alicyclic amines) is 1. The average Bonchev–Trinajstić information content (AvgIpc) is 3.46. The van der Waals surface area contributed by atoms with Crippen LogP contribution in [0.25, 0.3) is 11.3 Å². The van der Waals surface area contributed by atoms with Crippen molar-refractivity contribution < 1.29 is 9.32 Å². The van der Waals surface area contributed by atoms with Crippen molar-refractivity contribution in [3.8, 4) is 11.3 Å². The van der Waals surface area contributed by atoms with Gasteiger partial charge in [0.1, 0.15) is 11.6 Å². The Morgan fingerprint density at radius 1 is 1.03 bits per heavy atom. The van der Waals surface area contributed by atoms with Gasteiger partial charge in [0.25, 0.3) is 0 Å². The molecular weight excluding hydrogens is 390 g/mol. The molecule has 2 atom stereocenters. The van der Waals surface area contributed by atoms with E-state index in [2.05, 4.69) is 20.0 Å². The third kappa shape index (κ3) is 3.92. The Labute approximate surface area is 182 Å². The molecule has 0 radical (unpaired) electrons. The van der Waals surface area contributed by atoms with Crippen LogP contribution in [0.4, 0.5) is 5.82 Å². The van der Waals surface area contributed by atoms with Gasteiger partial charge in [0, 0.05) is 55.6 Å². The molecule has 160 valence electrons. The maximum atomic E-state index is 12.8. The van der Waals surface area contributed by atoms with E-state index in [1.54, 1.807) is 0 Å². The summed E-state index contributed by atoms with van der Waals surface area (Å²) >= 11 is 0. The number of aromatic nitrogens is 3. The quantitative estimate of drug-likeness (QED) is 0.634. The minimum absolute atomic E-state index is 0.230. The van der Waals surface area contributed by atoms with Gasteiger partial charge in [-0.2, -0.15) is 0 Å². The molecule has 2 aromatic heterocycles. The van der Waals surface area contributed by atoms with Gasteiger partial charge in [-0.3, -0.25) is 9.78 Å². The van der Waals surface area contributed by atoms with Crippen LogP contribution in [0.1, 0.15) is 23.4 Å². The van der Waals surface area contributed by atoms with Crippen molar-refractivity contribution in [2.24, 2.45) is 11.8 Å². The molecule has 3 aromatic rings. The van der Waals surface area contributed by atoms with E-state index in [0.29, 0.717) is 24.7 Å². The van der Waals surface area contributed by atoms with Crippen LogP contribution in [-0.2, 0) is 11.2 Å². The second-order valence-corrected chi connectivity index (χ2v) is 8.65. The highest BCUT2D eigenvalue weighted by Gasteiger charge is 2.41. The van der Waals surface area contributed by atoms with Crippen LogP contribution in [0, 0.1) is 25.7 Å². The molecule has 7 heteroatoms. The van der Waals surface area contributed by atoms with Crippen molar-refractivity contribution in [2.45, 2.75) is 26.7 Å². The molecule has 1 amide bonds. The lowest BCUT2D eigenvalue weighted by Crippen LogP contribution is -2.33. The van der Waals surface area contributed by atoms with E-state index < -0.39 is 0 Å². The Morgan fingerprint density at radius 2 is 1.77 bits per heavy atom. The van der Waals surface area contributed by atoms with Crippen molar-refractivity contribution in [3.63, 3.8) is 0 Å². The minimum atomic E-state index is 0.230. The van der Waals surface area contributed by atoms with Gasteiger partial charge >= 0.3 is 0 Å². The zero-order chi connectivity index (χ0) is 21.4. The smallest absolute Gasteiger partial charge is 0.222 e. The molecule has 0 aliphatic carbocycles. The molecule has 5 rings (SSSR count). The summed E-state index contributed by atoms with van der Waals surface area (Å²) in [6.07, 6.45) is 4.93. The van der Waals surface area contributed by atoms with E-state index in [-0.39, 0.29) is 5.91 Å². The lowest BCUT2D eigenvalue weighted by Gasteiger charge is -2.22. The van der Waals surface area contributed by atoms with Gasteiger partial charge in [-0.1, -0.05) is 35.5 Å². The summed E-state index contributed by atoms with van der Waals surface area (Å²) in [5, 5.41) is 3.98. The average molecular weight is 418 g/mol. The second kappa shape index (κ2) is 8.13. The van der Waals surface area contributed by atoms with Gasteiger partial charge in [0.2, 0.25) is 5.91 Å². The molecule has 2 saturated heterocycles. The summed E-state index contributed by atoms with van der Waals surface area (Å²) in [6, 6.07) is 10.1. The molecule has 0 bridgehead atoms. The van der Waals surface area contributed by atoms with Crippen molar-refractivity contribution in [1.29, 1.82) is 0 Å². The van der Waals surface area contributed by atoms with Gasteiger partial charge in [0.15, 0.2) is 0 Å². The van der Waals surface area contributed by atoms with Crippen LogP contribution < -0.4 is 4.90 Å². The third-order valence-electron chi connectivity index (χ3n) is 6.64. The first-order chi connectivity index (χ1) is 15.1. The highest BCUT2D eigenvalue weighted by Crippen LogP contribution is 2.33. The highest BCUT2D eigenvalue weighted by atomic mass is 16.5. The molecule has 2 fully saturated rings. The first kappa shape index (κ1) is 19.7. The standard InChI is InChI=1S/C24H27N5O2/c1-16-21(17(2)31-27-16)8-9-24(30)29-14-19-12-28(13-20(19)15-29)23-11-25-22(10-26-23)18-6-4-3-5-7-18/h3-7,10-11,19-20H,8-9,12-15H2,1-2H3. The van der Waals surface area contributed by atoms with Crippen LogP contribution in [0.15, 0.2) is 47.2 Å². The Bertz CT molecular complexity index is 1030. The van der Waals surface area contributed by atoms with E-state index in [0.717, 1.165) is 60.3 Å². The fourth-order valence-electron chi connectivity index (χ4n) is 4.88. The molecule has 7 nitrogen and oxygen atoms in total. The zero-order valence-corrected chi connectivity index (χ0v) is 18.0. The first-order valence-corrected chi connectivity index (χ1v) is 10.9. The van der Waals surface area contributed by atoms with E-state index in [9.17, 15) is 4.79 Å². The molecule has 0 saturated carbocycles. The summed E-state index contributed by atoms with van der Waals surface area (Å²) in [7, 11) is 0. The van der Waals surface area contributed by atoms with Crippen molar-refractivity contribution in [1.82, 2.24) is 20.0 Å². The fraction of sp³-hybridized carbons (Fsp3) is 0.417. The van der Waals surface area contributed by atoms with E-state index in [1.807, 2.05) is 61.5 Å². The van der Waals surface area contributed by atoms with Crippen LogP contribution in [0.2, 0.25) is 0 Å².